The number of morpholine rings is 1. The second-order valence-corrected chi connectivity index (χ2v) is 8.30. The highest BCUT2D eigenvalue weighted by Gasteiger charge is 2.27. The number of hydrogen-bond donors (Lipinski definition) is 0. The van der Waals surface area contributed by atoms with Crippen LogP contribution in [0.5, 0.6) is 0 Å². The first-order valence-electron chi connectivity index (χ1n) is 11.0. The number of aromatic nitrogens is 3. The molecule has 0 N–H and O–H groups in total. The molecule has 1 unspecified atom stereocenters. The van der Waals surface area contributed by atoms with E-state index in [4.69, 9.17) is 14.1 Å². The molecule has 0 spiro atoms. The SMILES string of the molecule is c1ccc2oc(C3CCCN(c4ncnc5cc(N6CCOCC6)ccc45)C3)nc2c1. The number of fused-ring (bicyclic) bond motifs is 2. The molecular formula is C24H25N5O2. The van der Waals surface area contributed by atoms with Gasteiger partial charge in [-0.25, -0.2) is 15.0 Å². The Labute approximate surface area is 180 Å². The summed E-state index contributed by atoms with van der Waals surface area (Å²) in [5.74, 6) is 2.09. The van der Waals surface area contributed by atoms with Crippen LogP contribution in [0.2, 0.25) is 0 Å². The first kappa shape index (κ1) is 18.6. The molecule has 2 fully saturated rings. The van der Waals surface area contributed by atoms with Crippen molar-refractivity contribution in [2.75, 3.05) is 49.2 Å². The molecule has 0 bridgehead atoms. The van der Waals surface area contributed by atoms with Gasteiger partial charge in [-0.3, -0.25) is 0 Å². The van der Waals surface area contributed by atoms with Crippen molar-refractivity contribution in [2.45, 2.75) is 18.8 Å². The molecule has 1 atom stereocenters. The van der Waals surface area contributed by atoms with Crippen LogP contribution in [0.4, 0.5) is 11.5 Å². The summed E-state index contributed by atoms with van der Waals surface area (Å²) in [6.07, 6.45) is 3.85. The topological polar surface area (TPSA) is 67.5 Å². The zero-order valence-electron chi connectivity index (χ0n) is 17.4. The maximum Gasteiger partial charge on any atom is 0.200 e. The normalized spacial score (nSPS) is 19.9. The van der Waals surface area contributed by atoms with E-state index in [1.807, 2.05) is 24.3 Å². The number of oxazole rings is 1. The van der Waals surface area contributed by atoms with Gasteiger partial charge < -0.3 is 19.0 Å². The maximum atomic E-state index is 6.08. The van der Waals surface area contributed by atoms with Gasteiger partial charge in [-0.2, -0.15) is 0 Å². The number of benzene rings is 2. The smallest absolute Gasteiger partial charge is 0.200 e. The summed E-state index contributed by atoms with van der Waals surface area (Å²) >= 11 is 0. The Morgan fingerprint density at radius 2 is 1.81 bits per heavy atom. The molecule has 2 aliphatic heterocycles. The fourth-order valence-electron chi connectivity index (χ4n) is 4.74. The van der Waals surface area contributed by atoms with Crippen molar-refractivity contribution in [3.05, 3.63) is 54.7 Å². The lowest BCUT2D eigenvalue weighted by Crippen LogP contribution is -2.36. The standard InChI is InChI=1S/C24H25N5O2/c1-2-6-22-20(5-1)27-24(31-22)17-4-3-9-29(15-17)23-19-8-7-18(14-21(19)25-16-26-23)28-10-12-30-13-11-28/h1-2,5-8,14,16-17H,3-4,9-13,15H2. The number of piperidine rings is 1. The molecule has 2 aromatic heterocycles. The van der Waals surface area contributed by atoms with E-state index in [2.05, 4.69) is 38.0 Å². The summed E-state index contributed by atoms with van der Waals surface area (Å²) in [7, 11) is 0. The second kappa shape index (κ2) is 7.81. The van der Waals surface area contributed by atoms with Gasteiger partial charge in [-0.15, -0.1) is 0 Å². The Hall–Kier alpha value is -3.19. The fraction of sp³-hybridized carbons (Fsp3) is 0.375. The van der Waals surface area contributed by atoms with E-state index in [0.717, 1.165) is 85.9 Å². The molecule has 6 rings (SSSR count). The molecule has 4 aromatic rings. The van der Waals surface area contributed by atoms with E-state index in [1.165, 1.54) is 5.69 Å². The molecule has 0 amide bonds. The minimum absolute atomic E-state index is 0.263. The number of rotatable bonds is 3. The quantitative estimate of drug-likeness (QED) is 0.501. The molecule has 7 nitrogen and oxygen atoms in total. The largest absolute Gasteiger partial charge is 0.440 e. The van der Waals surface area contributed by atoms with Crippen LogP contribution in [0.3, 0.4) is 0 Å². The van der Waals surface area contributed by atoms with Crippen LogP contribution in [-0.4, -0.2) is 54.3 Å². The van der Waals surface area contributed by atoms with Crippen molar-refractivity contribution >= 4 is 33.5 Å². The zero-order chi connectivity index (χ0) is 20.6. The summed E-state index contributed by atoms with van der Waals surface area (Å²) in [6.45, 7) is 5.22. The van der Waals surface area contributed by atoms with Gasteiger partial charge in [0.05, 0.1) is 24.6 Å². The fourth-order valence-corrected chi connectivity index (χ4v) is 4.74. The van der Waals surface area contributed by atoms with Gasteiger partial charge in [0.2, 0.25) is 0 Å². The molecule has 0 saturated carbocycles. The third-order valence-electron chi connectivity index (χ3n) is 6.36. The molecule has 0 aliphatic carbocycles. The Bertz CT molecular complexity index is 1180. The van der Waals surface area contributed by atoms with Gasteiger partial charge in [0.1, 0.15) is 17.7 Å². The number of ether oxygens (including phenoxy) is 1. The molecule has 4 heterocycles. The van der Waals surface area contributed by atoms with E-state index >= 15 is 0 Å². The Balaban J connectivity index is 1.29. The van der Waals surface area contributed by atoms with Crippen molar-refractivity contribution in [2.24, 2.45) is 0 Å². The first-order valence-corrected chi connectivity index (χ1v) is 11.0. The lowest BCUT2D eigenvalue weighted by Gasteiger charge is -2.33. The summed E-state index contributed by atoms with van der Waals surface area (Å²) in [5, 5.41) is 1.10. The van der Waals surface area contributed by atoms with Gasteiger partial charge in [-0.1, -0.05) is 12.1 Å². The predicted molar refractivity (Wildman–Crippen MR) is 121 cm³/mol. The Morgan fingerprint density at radius 3 is 2.71 bits per heavy atom. The predicted octanol–water partition coefficient (Wildman–Crippen LogP) is 3.99. The molecule has 2 aliphatic rings. The van der Waals surface area contributed by atoms with Gasteiger partial charge in [0.25, 0.3) is 0 Å². The van der Waals surface area contributed by atoms with Gasteiger partial charge >= 0.3 is 0 Å². The van der Waals surface area contributed by atoms with Crippen molar-refractivity contribution in [1.29, 1.82) is 0 Å². The molecule has 7 heteroatoms. The van der Waals surface area contributed by atoms with Crippen LogP contribution in [-0.2, 0) is 4.74 Å². The number of para-hydroxylation sites is 2. The van der Waals surface area contributed by atoms with E-state index < -0.39 is 0 Å². The third kappa shape index (κ3) is 3.49. The first-order chi connectivity index (χ1) is 15.3. The average molecular weight is 415 g/mol. The van der Waals surface area contributed by atoms with Crippen LogP contribution in [0.25, 0.3) is 22.0 Å². The van der Waals surface area contributed by atoms with Crippen molar-refractivity contribution in [3.63, 3.8) is 0 Å². The van der Waals surface area contributed by atoms with Gasteiger partial charge in [0, 0.05) is 37.3 Å². The highest BCUT2D eigenvalue weighted by atomic mass is 16.5. The van der Waals surface area contributed by atoms with Crippen LogP contribution in [0, 0.1) is 0 Å². The summed E-state index contributed by atoms with van der Waals surface area (Å²) in [6, 6.07) is 14.5. The highest BCUT2D eigenvalue weighted by Crippen LogP contribution is 2.34. The second-order valence-electron chi connectivity index (χ2n) is 8.30. The monoisotopic (exact) mass is 415 g/mol. The number of nitrogens with zero attached hydrogens (tertiary/aromatic N) is 5. The number of hydrogen-bond acceptors (Lipinski definition) is 7. The lowest BCUT2D eigenvalue weighted by atomic mass is 9.97. The van der Waals surface area contributed by atoms with Crippen molar-refractivity contribution < 1.29 is 9.15 Å². The average Bonchev–Trinajstić information content (AvgIpc) is 3.28. The molecule has 0 radical (unpaired) electrons. The van der Waals surface area contributed by atoms with Crippen LogP contribution >= 0.6 is 0 Å². The van der Waals surface area contributed by atoms with Crippen LogP contribution in [0.1, 0.15) is 24.7 Å². The van der Waals surface area contributed by atoms with E-state index in [0.29, 0.717) is 0 Å². The molecule has 31 heavy (non-hydrogen) atoms. The lowest BCUT2D eigenvalue weighted by molar-refractivity contribution is 0.122. The summed E-state index contributed by atoms with van der Waals surface area (Å²) in [4.78, 5) is 18.7. The van der Waals surface area contributed by atoms with Crippen LogP contribution in [0.15, 0.2) is 53.2 Å². The Morgan fingerprint density at radius 1 is 0.903 bits per heavy atom. The minimum atomic E-state index is 0.263. The summed E-state index contributed by atoms with van der Waals surface area (Å²) in [5.41, 5.74) is 3.97. The molecule has 158 valence electrons. The summed E-state index contributed by atoms with van der Waals surface area (Å²) < 4.78 is 11.6. The highest BCUT2D eigenvalue weighted by molar-refractivity contribution is 5.91. The van der Waals surface area contributed by atoms with Gasteiger partial charge in [0.15, 0.2) is 11.5 Å². The van der Waals surface area contributed by atoms with E-state index in [1.54, 1.807) is 6.33 Å². The van der Waals surface area contributed by atoms with Gasteiger partial charge in [-0.05, 0) is 43.2 Å². The van der Waals surface area contributed by atoms with Crippen LogP contribution < -0.4 is 9.80 Å². The zero-order valence-corrected chi connectivity index (χ0v) is 17.4. The number of anilines is 2. The van der Waals surface area contributed by atoms with Crippen molar-refractivity contribution in [1.82, 2.24) is 15.0 Å². The third-order valence-corrected chi connectivity index (χ3v) is 6.36. The minimum Gasteiger partial charge on any atom is -0.440 e. The maximum absolute atomic E-state index is 6.08. The van der Waals surface area contributed by atoms with Crippen molar-refractivity contribution in [3.8, 4) is 0 Å². The van der Waals surface area contributed by atoms with E-state index in [9.17, 15) is 0 Å². The molecule has 2 aromatic carbocycles. The Kier molecular flexibility index (Phi) is 4.68. The van der Waals surface area contributed by atoms with E-state index in [-0.39, 0.29) is 5.92 Å². The molecule has 2 saturated heterocycles. The molecular weight excluding hydrogens is 390 g/mol.